The van der Waals surface area contributed by atoms with Gasteiger partial charge in [-0.25, -0.2) is 8.78 Å². The Kier molecular flexibility index (Phi) is 5.90. The predicted molar refractivity (Wildman–Crippen MR) is 107 cm³/mol. The maximum absolute atomic E-state index is 13.5. The Morgan fingerprint density at radius 1 is 1.07 bits per heavy atom. The second kappa shape index (κ2) is 8.57. The summed E-state index contributed by atoms with van der Waals surface area (Å²) in [6.07, 6.45) is 6.12. The minimum absolute atomic E-state index is 0.123. The standard InChI is InChI=1S/C23H27F2N3O/c24-20-7-5-18(14-21(20)25)15-27-12-3-9-23(16-27)10-13-28(17-23)22(29)8-6-19-4-1-2-11-26-19/h1-2,4-5,7,11,14H,3,6,8-10,12-13,15-17H2. The second-order valence-corrected chi connectivity index (χ2v) is 8.45. The lowest BCUT2D eigenvalue weighted by Gasteiger charge is -2.40. The second-order valence-electron chi connectivity index (χ2n) is 8.45. The van der Waals surface area contributed by atoms with Crippen LogP contribution < -0.4 is 0 Å². The molecule has 1 spiro atoms. The van der Waals surface area contributed by atoms with E-state index in [0.717, 1.165) is 56.7 Å². The molecule has 1 atom stereocenters. The van der Waals surface area contributed by atoms with E-state index in [0.29, 0.717) is 19.4 Å². The molecule has 1 unspecified atom stereocenters. The third-order valence-corrected chi connectivity index (χ3v) is 6.24. The van der Waals surface area contributed by atoms with Crippen molar-refractivity contribution in [2.75, 3.05) is 26.2 Å². The molecule has 2 saturated heterocycles. The molecule has 1 aromatic heterocycles. The van der Waals surface area contributed by atoms with Gasteiger partial charge in [-0.3, -0.25) is 14.7 Å². The summed E-state index contributed by atoms with van der Waals surface area (Å²) in [5.41, 5.74) is 1.87. The van der Waals surface area contributed by atoms with Gasteiger partial charge in [-0.15, -0.1) is 0 Å². The summed E-state index contributed by atoms with van der Waals surface area (Å²) in [7, 11) is 0. The third kappa shape index (κ3) is 4.81. The molecule has 0 bridgehead atoms. The lowest BCUT2D eigenvalue weighted by atomic mass is 9.79. The van der Waals surface area contributed by atoms with Crippen LogP contribution in [0.2, 0.25) is 0 Å². The first-order valence-corrected chi connectivity index (χ1v) is 10.4. The molecule has 4 rings (SSSR count). The van der Waals surface area contributed by atoms with E-state index in [-0.39, 0.29) is 11.3 Å². The van der Waals surface area contributed by atoms with Crippen molar-refractivity contribution in [3.8, 4) is 0 Å². The maximum atomic E-state index is 13.5. The van der Waals surface area contributed by atoms with E-state index in [9.17, 15) is 13.6 Å². The van der Waals surface area contributed by atoms with Gasteiger partial charge >= 0.3 is 0 Å². The predicted octanol–water partition coefficient (Wildman–Crippen LogP) is 3.81. The topological polar surface area (TPSA) is 36.4 Å². The van der Waals surface area contributed by atoms with Crippen LogP contribution in [-0.4, -0.2) is 46.9 Å². The van der Waals surface area contributed by atoms with Gasteiger partial charge in [0.25, 0.3) is 0 Å². The Hall–Kier alpha value is -2.34. The van der Waals surface area contributed by atoms with E-state index < -0.39 is 11.6 Å². The third-order valence-electron chi connectivity index (χ3n) is 6.24. The SMILES string of the molecule is O=C(CCc1ccccn1)N1CCC2(CCCN(Cc3ccc(F)c(F)c3)C2)C1. The molecule has 1 aromatic carbocycles. The van der Waals surface area contributed by atoms with Crippen LogP contribution in [0.15, 0.2) is 42.6 Å². The highest BCUT2D eigenvalue weighted by Gasteiger charge is 2.42. The molecule has 2 aliphatic rings. The number of nitrogens with zero attached hydrogens (tertiary/aromatic N) is 3. The lowest BCUT2D eigenvalue weighted by molar-refractivity contribution is -0.130. The van der Waals surface area contributed by atoms with Crippen molar-refractivity contribution >= 4 is 5.91 Å². The summed E-state index contributed by atoms with van der Waals surface area (Å²) in [6.45, 7) is 4.07. The van der Waals surface area contributed by atoms with E-state index >= 15 is 0 Å². The number of aryl methyl sites for hydroxylation is 1. The molecule has 3 heterocycles. The van der Waals surface area contributed by atoms with Crippen LogP contribution in [0.5, 0.6) is 0 Å². The van der Waals surface area contributed by atoms with Crippen LogP contribution in [0.4, 0.5) is 8.78 Å². The van der Waals surface area contributed by atoms with Gasteiger partial charge in [0.05, 0.1) is 0 Å². The molecular formula is C23H27F2N3O. The van der Waals surface area contributed by atoms with Crippen molar-refractivity contribution in [2.24, 2.45) is 5.41 Å². The Morgan fingerprint density at radius 3 is 2.76 bits per heavy atom. The number of piperidine rings is 1. The fraction of sp³-hybridized carbons (Fsp3) is 0.478. The Morgan fingerprint density at radius 2 is 1.97 bits per heavy atom. The molecule has 0 aliphatic carbocycles. The van der Waals surface area contributed by atoms with Crippen LogP contribution in [0, 0.1) is 17.0 Å². The zero-order valence-corrected chi connectivity index (χ0v) is 16.6. The minimum Gasteiger partial charge on any atom is -0.342 e. The van der Waals surface area contributed by atoms with Crippen molar-refractivity contribution < 1.29 is 13.6 Å². The van der Waals surface area contributed by atoms with Gasteiger partial charge in [-0.05, 0) is 62.1 Å². The number of hydrogen-bond acceptors (Lipinski definition) is 3. The number of benzene rings is 1. The van der Waals surface area contributed by atoms with Crippen molar-refractivity contribution in [1.29, 1.82) is 0 Å². The number of rotatable bonds is 5. The summed E-state index contributed by atoms with van der Waals surface area (Å²) >= 11 is 0. The van der Waals surface area contributed by atoms with E-state index in [1.54, 1.807) is 12.3 Å². The highest BCUT2D eigenvalue weighted by Crippen LogP contribution is 2.39. The Balaban J connectivity index is 1.32. The molecule has 2 aliphatic heterocycles. The summed E-state index contributed by atoms with van der Waals surface area (Å²) in [4.78, 5) is 21.3. The average Bonchev–Trinajstić information content (AvgIpc) is 3.13. The molecule has 154 valence electrons. The molecule has 6 heteroatoms. The van der Waals surface area contributed by atoms with Gasteiger partial charge in [-0.2, -0.15) is 0 Å². The van der Waals surface area contributed by atoms with Crippen molar-refractivity contribution in [3.05, 3.63) is 65.5 Å². The molecule has 1 amide bonds. The average molecular weight is 399 g/mol. The number of amides is 1. The number of pyridine rings is 1. The van der Waals surface area contributed by atoms with E-state index in [1.165, 1.54) is 12.1 Å². The largest absolute Gasteiger partial charge is 0.342 e. The number of likely N-dealkylation sites (tertiary alicyclic amines) is 2. The van der Waals surface area contributed by atoms with Gasteiger partial charge in [-0.1, -0.05) is 12.1 Å². The fourth-order valence-electron chi connectivity index (χ4n) is 4.76. The summed E-state index contributed by atoms with van der Waals surface area (Å²) in [6, 6.07) is 9.92. The highest BCUT2D eigenvalue weighted by atomic mass is 19.2. The molecule has 4 nitrogen and oxygen atoms in total. The van der Waals surface area contributed by atoms with E-state index in [2.05, 4.69) is 9.88 Å². The van der Waals surface area contributed by atoms with Crippen LogP contribution in [0.25, 0.3) is 0 Å². The number of aromatic nitrogens is 1. The van der Waals surface area contributed by atoms with Crippen LogP contribution in [0.1, 0.15) is 36.9 Å². The fourth-order valence-corrected chi connectivity index (χ4v) is 4.76. The first kappa shape index (κ1) is 20.0. The normalized spacial score (nSPS) is 22.3. The first-order valence-electron chi connectivity index (χ1n) is 10.4. The summed E-state index contributed by atoms with van der Waals surface area (Å²) in [5.74, 6) is -1.40. The van der Waals surface area contributed by atoms with Crippen LogP contribution >= 0.6 is 0 Å². The van der Waals surface area contributed by atoms with Crippen molar-refractivity contribution in [2.45, 2.75) is 38.6 Å². The maximum Gasteiger partial charge on any atom is 0.222 e. The number of carbonyl (C=O) groups excluding carboxylic acids is 1. The molecular weight excluding hydrogens is 372 g/mol. The first-order chi connectivity index (χ1) is 14.0. The summed E-state index contributed by atoms with van der Waals surface area (Å²) < 4.78 is 26.7. The number of carbonyl (C=O) groups is 1. The molecule has 0 radical (unpaired) electrons. The van der Waals surface area contributed by atoms with Gasteiger partial charge < -0.3 is 4.90 Å². The van der Waals surface area contributed by atoms with Crippen LogP contribution in [0.3, 0.4) is 0 Å². The van der Waals surface area contributed by atoms with Crippen molar-refractivity contribution in [1.82, 2.24) is 14.8 Å². The molecule has 2 aromatic rings. The molecule has 0 saturated carbocycles. The van der Waals surface area contributed by atoms with Gasteiger partial charge in [0.1, 0.15) is 0 Å². The zero-order chi connectivity index (χ0) is 20.3. The smallest absolute Gasteiger partial charge is 0.222 e. The Labute approximate surface area is 170 Å². The highest BCUT2D eigenvalue weighted by molar-refractivity contribution is 5.76. The van der Waals surface area contributed by atoms with Crippen molar-refractivity contribution in [3.63, 3.8) is 0 Å². The minimum atomic E-state index is -0.806. The molecule has 0 N–H and O–H groups in total. The summed E-state index contributed by atoms with van der Waals surface area (Å²) in [5, 5.41) is 0. The number of hydrogen-bond donors (Lipinski definition) is 0. The van der Waals surface area contributed by atoms with Crippen LogP contribution in [-0.2, 0) is 17.8 Å². The van der Waals surface area contributed by atoms with E-state index in [1.807, 2.05) is 23.1 Å². The van der Waals surface area contributed by atoms with Gasteiger partial charge in [0, 0.05) is 49.9 Å². The molecule has 2 fully saturated rings. The zero-order valence-electron chi connectivity index (χ0n) is 16.6. The molecule has 29 heavy (non-hydrogen) atoms. The number of halogens is 2. The van der Waals surface area contributed by atoms with Gasteiger partial charge in [0.2, 0.25) is 5.91 Å². The van der Waals surface area contributed by atoms with E-state index in [4.69, 9.17) is 0 Å². The lowest BCUT2D eigenvalue weighted by Crippen LogP contribution is -2.45. The monoisotopic (exact) mass is 399 g/mol. The Bertz CT molecular complexity index is 860. The quantitative estimate of drug-likeness (QED) is 0.767. The van der Waals surface area contributed by atoms with Gasteiger partial charge in [0.15, 0.2) is 11.6 Å².